The van der Waals surface area contributed by atoms with Crippen molar-refractivity contribution in [3.05, 3.63) is 59.5 Å². The number of carbonyl (C=O) groups excluding carboxylic acids is 1. The molecule has 3 aromatic rings. The standard InChI is InChI=1S/C24H25BrF2N6O2/c25-17-3-1-4-18(13-17)31-23-19-14-21(28-15-20(19)29-16-30-23)32-22(34)5-7-24(26,27)6-2-8-33-9-11-35-12-10-33/h1,3-5,7,13-16H,2,6,8-12H2,(H,28,32,34)(H,29,30,31)/b7-5+. The number of carbonyl (C=O) groups is 1. The van der Waals surface area contributed by atoms with Gasteiger partial charge in [-0.05, 0) is 43.3 Å². The topological polar surface area (TPSA) is 92.3 Å². The third-order valence-electron chi connectivity index (χ3n) is 5.43. The summed E-state index contributed by atoms with van der Waals surface area (Å²) in [5, 5.41) is 6.36. The second-order valence-electron chi connectivity index (χ2n) is 8.09. The summed E-state index contributed by atoms with van der Waals surface area (Å²) in [7, 11) is 0. The van der Waals surface area contributed by atoms with Crippen molar-refractivity contribution in [3.8, 4) is 0 Å². The summed E-state index contributed by atoms with van der Waals surface area (Å²) in [5.41, 5.74) is 1.37. The van der Waals surface area contributed by atoms with E-state index in [9.17, 15) is 13.6 Å². The van der Waals surface area contributed by atoms with Gasteiger partial charge in [0.1, 0.15) is 18.0 Å². The molecule has 0 saturated carbocycles. The number of amides is 1. The predicted octanol–water partition coefficient (Wildman–Crippen LogP) is 4.77. The number of halogens is 3. The maximum Gasteiger partial charge on any atom is 0.267 e. The van der Waals surface area contributed by atoms with Crippen molar-refractivity contribution >= 4 is 50.1 Å². The highest BCUT2D eigenvalue weighted by atomic mass is 79.9. The lowest BCUT2D eigenvalue weighted by atomic mass is 10.1. The minimum absolute atomic E-state index is 0.204. The van der Waals surface area contributed by atoms with Gasteiger partial charge in [-0.2, -0.15) is 0 Å². The molecule has 1 aliphatic heterocycles. The number of ether oxygens (including phenoxy) is 1. The molecule has 35 heavy (non-hydrogen) atoms. The Morgan fingerprint density at radius 2 is 2.03 bits per heavy atom. The first kappa shape index (κ1) is 25.1. The lowest BCUT2D eigenvalue weighted by molar-refractivity contribution is -0.112. The Morgan fingerprint density at radius 3 is 2.83 bits per heavy atom. The van der Waals surface area contributed by atoms with Crippen LogP contribution in [0, 0.1) is 0 Å². The van der Waals surface area contributed by atoms with Gasteiger partial charge in [-0.1, -0.05) is 22.0 Å². The van der Waals surface area contributed by atoms with E-state index in [-0.39, 0.29) is 12.2 Å². The van der Waals surface area contributed by atoms with Crippen molar-refractivity contribution in [3.63, 3.8) is 0 Å². The fourth-order valence-electron chi connectivity index (χ4n) is 3.64. The Balaban J connectivity index is 1.37. The lowest BCUT2D eigenvalue weighted by Crippen LogP contribution is -2.37. The molecule has 0 aliphatic carbocycles. The molecule has 2 N–H and O–H groups in total. The highest BCUT2D eigenvalue weighted by Gasteiger charge is 2.25. The van der Waals surface area contributed by atoms with Gasteiger partial charge in [0.2, 0.25) is 5.91 Å². The number of morpholine rings is 1. The van der Waals surface area contributed by atoms with Gasteiger partial charge < -0.3 is 15.4 Å². The zero-order chi connectivity index (χ0) is 24.7. The van der Waals surface area contributed by atoms with Crippen LogP contribution in [0.3, 0.4) is 0 Å². The number of hydrogen-bond acceptors (Lipinski definition) is 7. The minimum Gasteiger partial charge on any atom is -0.379 e. The van der Waals surface area contributed by atoms with Crippen molar-refractivity contribution in [2.75, 3.05) is 43.5 Å². The highest BCUT2D eigenvalue weighted by molar-refractivity contribution is 9.10. The van der Waals surface area contributed by atoms with E-state index >= 15 is 0 Å². The van der Waals surface area contributed by atoms with Gasteiger partial charge in [-0.25, -0.2) is 23.7 Å². The van der Waals surface area contributed by atoms with Crippen molar-refractivity contribution < 1.29 is 18.3 Å². The maximum absolute atomic E-state index is 14.2. The molecular weight excluding hydrogens is 522 g/mol. The highest BCUT2D eigenvalue weighted by Crippen LogP contribution is 2.26. The number of anilines is 3. The van der Waals surface area contributed by atoms with E-state index < -0.39 is 11.8 Å². The van der Waals surface area contributed by atoms with E-state index in [1.54, 1.807) is 6.07 Å². The first-order valence-corrected chi connectivity index (χ1v) is 12.0. The first-order valence-electron chi connectivity index (χ1n) is 11.2. The smallest absolute Gasteiger partial charge is 0.267 e. The molecule has 3 heterocycles. The van der Waals surface area contributed by atoms with Gasteiger partial charge in [0, 0.05) is 41.1 Å². The van der Waals surface area contributed by atoms with Crippen molar-refractivity contribution in [2.24, 2.45) is 0 Å². The second-order valence-corrected chi connectivity index (χ2v) is 9.00. The van der Waals surface area contributed by atoms with Crippen LogP contribution in [0.15, 0.2) is 59.5 Å². The molecule has 8 nitrogen and oxygen atoms in total. The maximum atomic E-state index is 14.2. The van der Waals surface area contributed by atoms with Gasteiger partial charge in [-0.15, -0.1) is 0 Å². The lowest BCUT2D eigenvalue weighted by Gasteiger charge is -2.26. The largest absolute Gasteiger partial charge is 0.379 e. The van der Waals surface area contributed by atoms with Crippen LogP contribution in [0.4, 0.5) is 26.1 Å². The molecule has 0 bridgehead atoms. The molecule has 0 atom stereocenters. The number of benzene rings is 1. The van der Waals surface area contributed by atoms with Gasteiger partial charge in [-0.3, -0.25) is 9.69 Å². The summed E-state index contributed by atoms with van der Waals surface area (Å²) in [6.07, 6.45) is 4.40. The van der Waals surface area contributed by atoms with E-state index in [1.165, 1.54) is 12.5 Å². The van der Waals surface area contributed by atoms with Gasteiger partial charge in [0.15, 0.2) is 0 Å². The molecule has 4 rings (SSSR count). The van der Waals surface area contributed by atoms with Crippen LogP contribution in [0.25, 0.3) is 10.9 Å². The van der Waals surface area contributed by atoms with E-state index in [1.807, 2.05) is 24.3 Å². The van der Waals surface area contributed by atoms with Gasteiger partial charge in [0.05, 0.1) is 24.9 Å². The van der Waals surface area contributed by atoms with E-state index in [2.05, 4.69) is 46.4 Å². The molecular formula is C24H25BrF2N6O2. The minimum atomic E-state index is -3.07. The summed E-state index contributed by atoms with van der Waals surface area (Å²) in [6, 6.07) is 9.16. The predicted molar refractivity (Wildman–Crippen MR) is 134 cm³/mol. The molecule has 2 aromatic heterocycles. The molecule has 0 unspecified atom stereocenters. The SMILES string of the molecule is O=C(/C=C/C(F)(F)CCCN1CCOCC1)Nc1cc2c(Nc3cccc(Br)c3)ncnc2cn1. The van der Waals surface area contributed by atoms with Gasteiger partial charge >= 0.3 is 0 Å². The van der Waals surface area contributed by atoms with Crippen LogP contribution in [-0.2, 0) is 9.53 Å². The van der Waals surface area contributed by atoms with E-state index in [0.717, 1.165) is 29.3 Å². The molecule has 11 heteroatoms. The summed E-state index contributed by atoms with van der Waals surface area (Å²) in [5.74, 6) is -3.04. The third kappa shape index (κ3) is 7.48. The van der Waals surface area contributed by atoms with E-state index in [0.29, 0.717) is 49.0 Å². The Labute approximate surface area is 209 Å². The number of nitrogens with one attached hydrogen (secondary N) is 2. The molecule has 1 aliphatic rings. The molecule has 1 amide bonds. The monoisotopic (exact) mass is 546 g/mol. The van der Waals surface area contributed by atoms with Crippen LogP contribution in [0.5, 0.6) is 0 Å². The van der Waals surface area contributed by atoms with Crippen molar-refractivity contribution in [1.82, 2.24) is 19.9 Å². The number of rotatable bonds is 9. The fourth-order valence-corrected chi connectivity index (χ4v) is 4.04. The van der Waals surface area contributed by atoms with Crippen LogP contribution >= 0.6 is 15.9 Å². The normalized spacial score (nSPS) is 14.9. The number of pyridine rings is 1. The van der Waals surface area contributed by atoms with Crippen molar-refractivity contribution in [2.45, 2.75) is 18.8 Å². The second kappa shape index (κ2) is 11.6. The number of aromatic nitrogens is 3. The first-order chi connectivity index (χ1) is 16.9. The van der Waals surface area contributed by atoms with Crippen molar-refractivity contribution in [1.29, 1.82) is 0 Å². The number of hydrogen-bond donors (Lipinski definition) is 2. The molecule has 1 fully saturated rings. The zero-order valence-electron chi connectivity index (χ0n) is 18.9. The average Bonchev–Trinajstić information content (AvgIpc) is 2.84. The van der Waals surface area contributed by atoms with Gasteiger partial charge in [0.25, 0.3) is 5.92 Å². The summed E-state index contributed by atoms with van der Waals surface area (Å²) in [6.45, 7) is 3.36. The molecule has 0 radical (unpaired) electrons. The zero-order valence-corrected chi connectivity index (χ0v) is 20.5. The van der Waals surface area contributed by atoms with Crippen LogP contribution in [0.1, 0.15) is 12.8 Å². The number of allylic oxidation sites excluding steroid dienone is 1. The fraction of sp³-hybridized carbons (Fsp3) is 0.333. The van der Waals surface area contributed by atoms with E-state index in [4.69, 9.17) is 4.74 Å². The Kier molecular flexibility index (Phi) is 8.32. The Bertz CT molecular complexity index is 1200. The average molecular weight is 547 g/mol. The quantitative estimate of drug-likeness (QED) is 0.373. The van der Waals surface area contributed by atoms with Crippen LogP contribution in [-0.4, -0.2) is 64.5 Å². The molecule has 1 aromatic carbocycles. The Morgan fingerprint density at radius 1 is 1.20 bits per heavy atom. The molecule has 0 spiro atoms. The van der Waals surface area contributed by atoms with Crippen LogP contribution in [0.2, 0.25) is 0 Å². The molecule has 184 valence electrons. The summed E-state index contributed by atoms with van der Waals surface area (Å²) >= 11 is 3.43. The summed E-state index contributed by atoms with van der Waals surface area (Å²) in [4.78, 5) is 27.0. The number of alkyl halides is 2. The van der Waals surface area contributed by atoms with Crippen LogP contribution < -0.4 is 10.6 Å². The molecule has 1 saturated heterocycles. The Hall–Kier alpha value is -3.02. The number of fused-ring (bicyclic) bond motifs is 1. The summed E-state index contributed by atoms with van der Waals surface area (Å²) < 4.78 is 34.6. The number of nitrogens with zero attached hydrogens (tertiary/aromatic N) is 4. The third-order valence-corrected chi connectivity index (χ3v) is 5.92.